The summed E-state index contributed by atoms with van der Waals surface area (Å²) in [5.41, 5.74) is 1.69. The summed E-state index contributed by atoms with van der Waals surface area (Å²) in [5.74, 6) is 0.908. The van der Waals surface area contributed by atoms with Gasteiger partial charge in [-0.2, -0.15) is 0 Å². The van der Waals surface area contributed by atoms with E-state index in [0.29, 0.717) is 17.9 Å². The average Bonchev–Trinajstić information content (AvgIpc) is 2.76. The molecule has 0 saturated carbocycles. The molecule has 2 aromatic rings. The maximum absolute atomic E-state index is 13.3. The molecule has 0 bridgehead atoms. The highest BCUT2D eigenvalue weighted by Crippen LogP contribution is 2.19. The van der Waals surface area contributed by atoms with Crippen LogP contribution in [0.1, 0.15) is 52.2 Å². The lowest BCUT2D eigenvalue weighted by molar-refractivity contribution is -0.143. The Kier molecular flexibility index (Phi) is 9.12. The van der Waals surface area contributed by atoms with Gasteiger partial charge >= 0.3 is 0 Å². The third-order valence-corrected chi connectivity index (χ3v) is 5.07. The number of benzene rings is 2. The fourth-order valence-electron chi connectivity index (χ4n) is 3.39. The van der Waals surface area contributed by atoms with Crippen molar-refractivity contribution in [3.05, 3.63) is 59.7 Å². The highest BCUT2D eigenvalue weighted by molar-refractivity contribution is 5.88. The lowest BCUT2D eigenvalue weighted by atomic mass is 10.1. The van der Waals surface area contributed by atoms with E-state index in [2.05, 4.69) is 12.2 Å². The van der Waals surface area contributed by atoms with Gasteiger partial charge in [-0.1, -0.05) is 38.1 Å². The zero-order valence-corrected chi connectivity index (χ0v) is 20.1. The van der Waals surface area contributed by atoms with Crippen molar-refractivity contribution < 1.29 is 19.1 Å². The van der Waals surface area contributed by atoms with Gasteiger partial charge in [-0.15, -0.1) is 0 Å². The molecule has 2 aromatic carbocycles. The molecule has 1 atom stereocenters. The zero-order chi connectivity index (χ0) is 23.7. The number of carbonyl (C=O) groups is 2. The van der Waals surface area contributed by atoms with Crippen molar-refractivity contribution in [3.8, 4) is 11.5 Å². The number of ether oxygens (including phenoxy) is 2. The van der Waals surface area contributed by atoms with Gasteiger partial charge in [-0.05, 0) is 69.0 Å². The number of amides is 2. The molecule has 2 rings (SSSR count). The molecule has 0 radical (unpaired) electrons. The van der Waals surface area contributed by atoms with Crippen LogP contribution in [-0.2, 0) is 22.6 Å². The number of nitrogens with one attached hydrogen (secondary N) is 1. The molecule has 0 saturated heterocycles. The van der Waals surface area contributed by atoms with Crippen LogP contribution in [0.4, 0.5) is 0 Å². The second-order valence-corrected chi connectivity index (χ2v) is 8.82. The molecule has 1 N–H and O–H groups in total. The first-order valence-corrected chi connectivity index (χ1v) is 11.1. The fourth-order valence-corrected chi connectivity index (χ4v) is 3.39. The minimum Gasteiger partial charge on any atom is -0.497 e. The molecule has 0 aliphatic heterocycles. The van der Waals surface area contributed by atoms with E-state index < -0.39 is 11.6 Å². The molecule has 0 heterocycles. The minimum absolute atomic E-state index is 0.144. The van der Waals surface area contributed by atoms with Crippen LogP contribution in [0.5, 0.6) is 11.5 Å². The van der Waals surface area contributed by atoms with Gasteiger partial charge in [0.1, 0.15) is 17.5 Å². The van der Waals surface area contributed by atoms with Gasteiger partial charge in [0.25, 0.3) is 5.91 Å². The van der Waals surface area contributed by atoms with E-state index in [1.54, 1.807) is 12.0 Å². The maximum atomic E-state index is 13.3. The minimum atomic E-state index is -0.612. The lowest BCUT2D eigenvalue weighted by Gasteiger charge is -2.33. The molecule has 0 aliphatic rings. The summed E-state index contributed by atoms with van der Waals surface area (Å²) in [5, 5.41) is 3.00. The van der Waals surface area contributed by atoms with Crippen molar-refractivity contribution in [3.63, 3.8) is 0 Å². The second-order valence-electron chi connectivity index (χ2n) is 8.82. The van der Waals surface area contributed by atoms with Crippen LogP contribution >= 0.6 is 0 Å². The average molecular weight is 441 g/mol. The van der Waals surface area contributed by atoms with Gasteiger partial charge in [0, 0.05) is 12.1 Å². The predicted molar refractivity (Wildman–Crippen MR) is 127 cm³/mol. The van der Waals surface area contributed by atoms with Crippen LogP contribution in [0.2, 0.25) is 0 Å². The number of carbonyl (C=O) groups excluding carboxylic acids is 2. The molecular formula is C26H36N2O4. The first kappa shape index (κ1) is 25.2. The van der Waals surface area contributed by atoms with Crippen molar-refractivity contribution in [2.45, 2.75) is 65.6 Å². The van der Waals surface area contributed by atoms with Crippen LogP contribution in [-0.4, -0.2) is 42.0 Å². The topological polar surface area (TPSA) is 67.9 Å². The quantitative estimate of drug-likeness (QED) is 0.596. The monoisotopic (exact) mass is 440 g/mol. The number of nitrogens with zero attached hydrogens (tertiary/aromatic N) is 1. The maximum Gasteiger partial charge on any atom is 0.261 e. The van der Waals surface area contributed by atoms with E-state index >= 15 is 0 Å². The van der Waals surface area contributed by atoms with E-state index in [1.165, 1.54) is 5.56 Å². The Balaban J connectivity index is 2.23. The van der Waals surface area contributed by atoms with Crippen LogP contribution < -0.4 is 14.8 Å². The molecule has 0 unspecified atom stereocenters. The molecule has 174 valence electrons. The van der Waals surface area contributed by atoms with E-state index in [0.717, 1.165) is 12.0 Å². The highest BCUT2D eigenvalue weighted by Gasteiger charge is 2.31. The molecule has 0 fully saturated rings. The molecule has 32 heavy (non-hydrogen) atoms. The Morgan fingerprint density at radius 1 is 1.00 bits per heavy atom. The van der Waals surface area contributed by atoms with Gasteiger partial charge in [0.15, 0.2) is 6.61 Å². The number of rotatable bonds is 10. The van der Waals surface area contributed by atoms with E-state index in [4.69, 9.17) is 9.47 Å². The van der Waals surface area contributed by atoms with E-state index in [-0.39, 0.29) is 25.0 Å². The smallest absolute Gasteiger partial charge is 0.261 e. The Morgan fingerprint density at radius 2 is 1.69 bits per heavy atom. The molecule has 0 aliphatic carbocycles. The Morgan fingerprint density at radius 3 is 2.25 bits per heavy atom. The largest absolute Gasteiger partial charge is 0.497 e. The summed E-state index contributed by atoms with van der Waals surface area (Å²) in [6, 6.07) is 14.6. The van der Waals surface area contributed by atoms with Crippen LogP contribution in [0.3, 0.4) is 0 Å². The first-order chi connectivity index (χ1) is 15.2. The molecule has 0 aromatic heterocycles. The van der Waals surface area contributed by atoms with Crippen LogP contribution in [0, 0.1) is 0 Å². The molecule has 0 spiro atoms. The van der Waals surface area contributed by atoms with Crippen molar-refractivity contribution in [1.82, 2.24) is 10.2 Å². The summed E-state index contributed by atoms with van der Waals surface area (Å²) >= 11 is 0. The van der Waals surface area contributed by atoms with Gasteiger partial charge in [-0.3, -0.25) is 9.59 Å². The van der Waals surface area contributed by atoms with E-state index in [9.17, 15) is 9.59 Å². The normalized spacial score (nSPS) is 12.1. The zero-order valence-electron chi connectivity index (χ0n) is 20.1. The van der Waals surface area contributed by atoms with Crippen LogP contribution in [0.25, 0.3) is 0 Å². The highest BCUT2D eigenvalue weighted by atomic mass is 16.5. The third kappa shape index (κ3) is 7.59. The summed E-state index contributed by atoms with van der Waals surface area (Å²) in [6.07, 6.45) is 1.43. The number of hydrogen-bond acceptors (Lipinski definition) is 4. The van der Waals surface area contributed by atoms with Crippen molar-refractivity contribution in [2.24, 2.45) is 0 Å². The SMILES string of the molecule is CCc1ccc(OCC(=O)N(Cc2cccc(OC)c2)[C@H](CC)C(=O)NC(C)(C)C)cc1. The number of aryl methyl sites for hydroxylation is 1. The fraction of sp³-hybridized carbons (Fsp3) is 0.462. The third-order valence-electron chi connectivity index (χ3n) is 5.07. The van der Waals surface area contributed by atoms with Gasteiger partial charge in [0.05, 0.1) is 7.11 Å². The molecule has 6 nitrogen and oxygen atoms in total. The first-order valence-electron chi connectivity index (χ1n) is 11.1. The van der Waals surface area contributed by atoms with E-state index in [1.807, 2.05) is 76.2 Å². The van der Waals surface area contributed by atoms with Gasteiger partial charge in [-0.25, -0.2) is 0 Å². The number of hydrogen-bond donors (Lipinski definition) is 1. The Labute approximate surface area is 191 Å². The summed E-state index contributed by atoms with van der Waals surface area (Å²) in [4.78, 5) is 27.9. The number of methoxy groups -OCH3 is 1. The van der Waals surface area contributed by atoms with Crippen molar-refractivity contribution >= 4 is 11.8 Å². The molecular weight excluding hydrogens is 404 g/mol. The van der Waals surface area contributed by atoms with Gasteiger partial charge < -0.3 is 19.7 Å². The standard InChI is InChI=1S/C26H36N2O4/c1-7-19-12-14-21(15-13-19)32-18-24(29)28(17-20-10-9-11-22(16-20)31-6)23(8-2)25(30)27-26(3,4)5/h9-16,23H,7-8,17-18H2,1-6H3,(H,27,30)/t23-/m1/s1. The van der Waals surface area contributed by atoms with Crippen molar-refractivity contribution in [1.29, 1.82) is 0 Å². The van der Waals surface area contributed by atoms with Crippen LogP contribution in [0.15, 0.2) is 48.5 Å². The summed E-state index contributed by atoms with van der Waals surface area (Å²) in [7, 11) is 1.60. The Hall–Kier alpha value is -3.02. The Bertz CT molecular complexity index is 887. The molecule has 6 heteroatoms. The summed E-state index contributed by atoms with van der Waals surface area (Å²) < 4.78 is 11.1. The summed E-state index contributed by atoms with van der Waals surface area (Å²) in [6.45, 7) is 9.91. The van der Waals surface area contributed by atoms with Crippen molar-refractivity contribution in [2.75, 3.05) is 13.7 Å². The van der Waals surface area contributed by atoms with Gasteiger partial charge in [0.2, 0.25) is 5.91 Å². The molecule has 2 amide bonds. The second kappa shape index (κ2) is 11.6. The lowest BCUT2D eigenvalue weighted by Crippen LogP contribution is -2.54. The predicted octanol–water partition coefficient (Wildman–Crippen LogP) is 4.36.